The van der Waals surface area contributed by atoms with Crippen LogP contribution in [0.25, 0.3) is 11.1 Å². The first-order valence-electron chi connectivity index (χ1n) is 12.0. The number of aromatic nitrogens is 1. The van der Waals surface area contributed by atoms with Gasteiger partial charge in [0.15, 0.2) is 0 Å². The third-order valence-electron chi connectivity index (χ3n) is 6.46. The number of carboxylic acids is 1. The maximum atomic E-state index is 11.5. The highest BCUT2D eigenvalue weighted by Gasteiger charge is 2.47. The van der Waals surface area contributed by atoms with Crippen LogP contribution in [0, 0.1) is 0 Å². The highest BCUT2D eigenvalue weighted by molar-refractivity contribution is 8.00. The summed E-state index contributed by atoms with van der Waals surface area (Å²) in [6, 6.07) is 15.8. The standard InChI is InChI=1S/C28H28ClNO4S/c1-2-26(27(31)32)35-20-9-10-24(29)18(15-20)17-33-28(12-13-28)23-16-30-14-11-21(23)22-5-3-4-6-25(22)34-19-7-8-19/h3-6,9-11,14-16,19,26H,2,7-8,12-13,17H2,1H3,(H,31,32). The number of para-hydroxylation sites is 1. The number of halogens is 1. The van der Waals surface area contributed by atoms with Crippen LogP contribution >= 0.6 is 23.4 Å². The molecule has 182 valence electrons. The molecule has 2 aliphatic rings. The third-order valence-corrected chi connectivity index (χ3v) is 8.17. The first kappa shape index (κ1) is 24.2. The van der Waals surface area contributed by atoms with E-state index in [9.17, 15) is 9.90 Å². The van der Waals surface area contributed by atoms with Crippen LogP contribution in [0.4, 0.5) is 0 Å². The van der Waals surface area contributed by atoms with Crippen LogP contribution in [0.2, 0.25) is 5.02 Å². The van der Waals surface area contributed by atoms with Crippen molar-refractivity contribution in [1.29, 1.82) is 0 Å². The molecular weight excluding hydrogens is 482 g/mol. The summed E-state index contributed by atoms with van der Waals surface area (Å²) in [7, 11) is 0. The zero-order valence-electron chi connectivity index (χ0n) is 19.6. The number of carboxylic acid groups (broad SMARTS) is 1. The molecule has 0 radical (unpaired) electrons. The van der Waals surface area contributed by atoms with E-state index in [4.69, 9.17) is 21.1 Å². The highest BCUT2D eigenvalue weighted by atomic mass is 35.5. The Morgan fingerprint density at radius 2 is 2.00 bits per heavy atom. The summed E-state index contributed by atoms with van der Waals surface area (Å²) in [6.07, 6.45) is 8.60. The molecule has 35 heavy (non-hydrogen) atoms. The van der Waals surface area contributed by atoms with Crippen LogP contribution in [0.1, 0.15) is 50.2 Å². The number of carbonyl (C=O) groups is 1. The van der Waals surface area contributed by atoms with Gasteiger partial charge in [-0.2, -0.15) is 0 Å². The molecule has 0 saturated heterocycles. The molecule has 5 rings (SSSR count). The van der Waals surface area contributed by atoms with Gasteiger partial charge in [-0.05, 0) is 73.6 Å². The lowest BCUT2D eigenvalue weighted by Crippen LogP contribution is -2.15. The van der Waals surface area contributed by atoms with Gasteiger partial charge in [-0.15, -0.1) is 11.8 Å². The monoisotopic (exact) mass is 509 g/mol. The quantitative estimate of drug-likeness (QED) is 0.278. The molecule has 1 atom stereocenters. The van der Waals surface area contributed by atoms with Crippen molar-refractivity contribution in [3.63, 3.8) is 0 Å². The summed E-state index contributed by atoms with van der Waals surface area (Å²) >= 11 is 7.83. The molecule has 1 N–H and O–H groups in total. The zero-order chi connectivity index (χ0) is 24.4. The Balaban J connectivity index is 1.38. The van der Waals surface area contributed by atoms with Crippen molar-refractivity contribution < 1.29 is 19.4 Å². The molecule has 2 saturated carbocycles. The Morgan fingerprint density at radius 3 is 2.71 bits per heavy atom. The molecule has 2 aliphatic carbocycles. The highest BCUT2D eigenvalue weighted by Crippen LogP contribution is 2.53. The molecule has 5 nitrogen and oxygen atoms in total. The van der Waals surface area contributed by atoms with Gasteiger partial charge in [0.25, 0.3) is 0 Å². The molecule has 0 bridgehead atoms. The average molecular weight is 510 g/mol. The van der Waals surface area contributed by atoms with E-state index in [1.54, 1.807) is 0 Å². The number of thioether (sulfide) groups is 1. The lowest BCUT2D eigenvalue weighted by Gasteiger charge is -2.22. The van der Waals surface area contributed by atoms with Crippen molar-refractivity contribution in [3.8, 4) is 16.9 Å². The van der Waals surface area contributed by atoms with E-state index in [0.29, 0.717) is 24.2 Å². The molecule has 1 unspecified atom stereocenters. The molecule has 2 fully saturated rings. The largest absolute Gasteiger partial charge is 0.490 e. The average Bonchev–Trinajstić information content (AvgIpc) is 3.80. The van der Waals surface area contributed by atoms with Crippen LogP contribution in [-0.2, 0) is 21.7 Å². The predicted octanol–water partition coefficient (Wildman–Crippen LogP) is 7.10. The van der Waals surface area contributed by atoms with Gasteiger partial charge in [0, 0.05) is 33.4 Å². The minimum Gasteiger partial charge on any atom is -0.490 e. The summed E-state index contributed by atoms with van der Waals surface area (Å²) in [5.41, 5.74) is 3.63. The number of hydrogen-bond donors (Lipinski definition) is 1. The van der Waals surface area contributed by atoms with Gasteiger partial charge in [0.2, 0.25) is 0 Å². The molecule has 0 spiro atoms. The minimum absolute atomic E-state index is 0.313. The maximum absolute atomic E-state index is 11.5. The van der Waals surface area contributed by atoms with E-state index in [2.05, 4.69) is 11.1 Å². The lowest BCUT2D eigenvalue weighted by atomic mass is 9.96. The van der Waals surface area contributed by atoms with E-state index in [1.165, 1.54) is 11.8 Å². The molecule has 7 heteroatoms. The fourth-order valence-electron chi connectivity index (χ4n) is 4.18. The van der Waals surface area contributed by atoms with Crippen LogP contribution in [-0.4, -0.2) is 27.4 Å². The molecule has 1 aromatic heterocycles. The summed E-state index contributed by atoms with van der Waals surface area (Å²) in [5.74, 6) is 0.0900. The first-order valence-corrected chi connectivity index (χ1v) is 13.3. The third kappa shape index (κ3) is 5.50. The lowest BCUT2D eigenvalue weighted by molar-refractivity contribution is -0.136. The number of ether oxygens (including phenoxy) is 2. The summed E-state index contributed by atoms with van der Waals surface area (Å²) < 4.78 is 12.7. The first-order chi connectivity index (χ1) is 17.0. The maximum Gasteiger partial charge on any atom is 0.316 e. The van der Waals surface area contributed by atoms with Gasteiger partial charge in [-0.3, -0.25) is 9.78 Å². The van der Waals surface area contributed by atoms with Crippen molar-refractivity contribution in [2.24, 2.45) is 0 Å². The van der Waals surface area contributed by atoms with Crippen molar-refractivity contribution in [2.45, 2.75) is 67.5 Å². The Bertz CT molecular complexity index is 1230. The Hall–Kier alpha value is -2.54. The molecule has 3 aromatic rings. The Morgan fingerprint density at radius 1 is 1.20 bits per heavy atom. The van der Waals surface area contributed by atoms with Crippen molar-refractivity contribution in [3.05, 3.63) is 77.1 Å². The van der Waals surface area contributed by atoms with E-state index >= 15 is 0 Å². The van der Waals surface area contributed by atoms with Crippen LogP contribution in [0.3, 0.4) is 0 Å². The van der Waals surface area contributed by atoms with Gasteiger partial charge >= 0.3 is 5.97 Å². The van der Waals surface area contributed by atoms with Crippen molar-refractivity contribution in [2.75, 3.05) is 0 Å². The second-order valence-electron chi connectivity index (χ2n) is 9.12. The fourth-order valence-corrected chi connectivity index (χ4v) is 5.30. The summed E-state index contributed by atoms with van der Waals surface area (Å²) in [5, 5.41) is 9.53. The van der Waals surface area contributed by atoms with Gasteiger partial charge < -0.3 is 14.6 Å². The van der Waals surface area contributed by atoms with Gasteiger partial charge in [-0.1, -0.05) is 36.7 Å². The van der Waals surface area contributed by atoms with Gasteiger partial charge in [-0.25, -0.2) is 0 Å². The molecule has 1 heterocycles. The number of rotatable bonds is 11. The Labute approximate surface area is 214 Å². The number of nitrogens with zero attached hydrogens (tertiary/aromatic N) is 1. The fraction of sp³-hybridized carbons (Fsp3) is 0.357. The number of aliphatic carboxylic acids is 1. The van der Waals surface area contributed by atoms with Crippen molar-refractivity contribution >= 4 is 29.3 Å². The Kier molecular flexibility index (Phi) is 7.05. The second kappa shape index (κ2) is 10.2. The topological polar surface area (TPSA) is 68.7 Å². The molecule has 2 aromatic carbocycles. The van der Waals surface area contributed by atoms with Gasteiger partial charge in [0.1, 0.15) is 11.0 Å². The molecular formula is C28H28ClNO4S. The summed E-state index contributed by atoms with van der Waals surface area (Å²) in [4.78, 5) is 16.8. The van der Waals surface area contributed by atoms with E-state index in [0.717, 1.165) is 58.6 Å². The number of pyridine rings is 1. The van der Waals surface area contributed by atoms with Gasteiger partial charge in [0.05, 0.1) is 18.3 Å². The van der Waals surface area contributed by atoms with Crippen LogP contribution < -0.4 is 4.74 Å². The second-order valence-corrected chi connectivity index (χ2v) is 10.8. The smallest absolute Gasteiger partial charge is 0.316 e. The SMILES string of the molecule is CCC(Sc1ccc(Cl)c(COC2(c3cnccc3-c3ccccc3OC3CC3)CC2)c1)C(=O)O. The number of hydrogen-bond acceptors (Lipinski definition) is 5. The minimum atomic E-state index is -0.808. The van der Waals surface area contributed by atoms with Crippen LogP contribution in [0.15, 0.2) is 65.8 Å². The molecule has 0 amide bonds. The molecule has 0 aliphatic heterocycles. The van der Waals surface area contributed by atoms with E-state index < -0.39 is 16.8 Å². The van der Waals surface area contributed by atoms with E-state index in [1.807, 2.05) is 61.8 Å². The number of benzene rings is 2. The summed E-state index contributed by atoms with van der Waals surface area (Å²) in [6.45, 7) is 2.22. The zero-order valence-corrected chi connectivity index (χ0v) is 21.1. The van der Waals surface area contributed by atoms with Crippen molar-refractivity contribution in [1.82, 2.24) is 4.98 Å². The van der Waals surface area contributed by atoms with Crippen LogP contribution in [0.5, 0.6) is 5.75 Å². The predicted molar refractivity (Wildman–Crippen MR) is 138 cm³/mol. The van der Waals surface area contributed by atoms with E-state index in [-0.39, 0.29) is 0 Å². The normalized spacial score (nSPS) is 17.1.